The molecular weight excluding hydrogens is 454 g/mol. The van der Waals surface area contributed by atoms with Crippen molar-refractivity contribution in [1.82, 2.24) is 0 Å². The lowest BCUT2D eigenvalue weighted by Gasteiger charge is -2.27. The topological polar surface area (TPSA) is 63.7 Å². The highest BCUT2D eigenvalue weighted by molar-refractivity contribution is 6.49. The Morgan fingerprint density at radius 3 is 2.00 bits per heavy atom. The standard InChI is InChI=1S/C25H17F4NO4/c1-34-19-12-4-15(5-13-19)22(31)20-21(14-2-8-17(26)9-3-14)30(24(33)23(20)32)18-10-6-16(7-11-18)25(27,28)29/h2-13,20-21H,1H3. The molecule has 3 aromatic rings. The number of methoxy groups -OCH3 is 1. The molecule has 174 valence electrons. The van der Waals surface area contributed by atoms with Gasteiger partial charge in [0.1, 0.15) is 17.5 Å². The average molecular weight is 471 g/mol. The number of halogens is 4. The van der Waals surface area contributed by atoms with Crippen molar-refractivity contribution in [3.63, 3.8) is 0 Å². The first kappa shape index (κ1) is 23.2. The van der Waals surface area contributed by atoms with Crippen molar-refractivity contribution in [3.8, 4) is 5.75 Å². The fourth-order valence-corrected chi connectivity index (χ4v) is 3.96. The molecule has 4 rings (SSSR count). The largest absolute Gasteiger partial charge is 0.497 e. The van der Waals surface area contributed by atoms with Gasteiger partial charge in [-0.3, -0.25) is 19.3 Å². The minimum absolute atomic E-state index is 0.00528. The molecule has 0 N–H and O–H groups in total. The van der Waals surface area contributed by atoms with E-state index in [1.54, 1.807) is 0 Å². The van der Waals surface area contributed by atoms with E-state index in [4.69, 9.17) is 4.74 Å². The number of ketones is 2. The summed E-state index contributed by atoms with van der Waals surface area (Å²) >= 11 is 0. The van der Waals surface area contributed by atoms with Crippen LogP contribution in [0.4, 0.5) is 23.2 Å². The van der Waals surface area contributed by atoms with Gasteiger partial charge >= 0.3 is 6.18 Å². The van der Waals surface area contributed by atoms with Gasteiger partial charge in [0.25, 0.3) is 5.91 Å². The highest BCUT2D eigenvalue weighted by Gasteiger charge is 2.52. The van der Waals surface area contributed by atoms with Gasteiger partial charge in [-0.05, 0) is 66.2 Å². The molecule has 0 bridgehead atoms. The van der Waals surface area contributed by atoms with Gasteiger partial charge < -0.3 is 4.74 Å². The van der Waals surface area contributed by atoms with Crippen LogP contribution in [0.1, 0.15) is 27.5 Å². The maximum absolute atomic E-state index is 13.6. The number of hydrogen-bond donors (Lipinski definition) is 0. The number of benzene rings is 3. The summed E-state index contributed by atoms with van der Waals surface area (Å²) in [5.41, 5.74) is -0.496. The smallest absolute Gasteiger partial charge is 0.416 e. The summed E-state index contributed by atoms with van der Waals surface area (Å²) in [5.74, 6) is -4.26. The number of anilines is 1. The fraction of sp³-hybridized carbons (Fsp3) is 0.160. The quantitative estimate of drug-likeness (QED) is 0.227. The van der Waals surface area contributed by atoms with Crippen LogP contribution < -0.4 is 9.64 Å². The average Bonchev–Trinajstić information content (AvgIpc) is 3.09. The Labute approximate surface area is 191 Å². The van der Waals surface area contributed by atoms with Gasteiger partial charge in [0, 0.05) is 11.3 Å². The van der Waals surface area contributed by atoms with Gasteiger partial charge in [0.15, 0.2) is 5.78 Å². The van der Waals surface area contributed by atoms with Gasteiger partial charge in [0.05, 0.1) is 18.7 Å². The van der Waals surface area contributed by atoms with E-state index >= 15 is 0 Å². The van der Waals surface area contributed by atoms with Crippen molar-refractivity contribution in [1.29, 1.82) is 0 Å². The van der Waals surface area contributed by atoms with E-state index in [0.717, 1.165) is 41.3 Å². The van der Waals surface area contributed by atoms with Crippen LogP contribution in [0.15, 0.2) is 72.8 Å². The highest BCUT2D eigenvalue weighted by Crippen LogP contribution is 2.42. The lowest BCUT2D eigenvalue weighted by atomic mass is 9.86. The Kier molecular flexibility index (Phi) is 5.95. The van der Waals surface area contributed by atoms with Crippen molar-refractivity contribution >= 4 is 23.2 Å². The molecule has 5 nitrogen and oxygen atoms in total. The number of ether oxygens (including phenoxy) is 1. The molecule has 1 amide bonds. The molecule has 3 aromatic carbocycles. The van der Waals surface area contributed by atoms with Crippen LogP contribution in [0.3, 0.4) is 0 Å². The Hall–Kier alpha value is -4.01. The van der Waals surface area contributed by atoms with Crippen LogP contribution in [-0.2, 0) is 15.8 Å². The van der Waals surface area contributed by atoms with Gasteiger partial charge in [-0.25, -0.2) is 4.39 Å². The molecule has 0 aliphatic carbocycles. The van der Waals surface area contributed by atoms with Crippen molar-refractivity contribution in [2.24, 2.45) is 5.92 Å². The molecule has 2 atom stereocenters. The van der Waals surface area contributed by atoms with Crippen LogP contribution >= 0.6 is 0 Å². The predicted octanol–water partition coefficient (Wildman–Crippen LogP) is 5.01. The monoisotopic (exact) mass is 471 g/mol. The van der Waals surface area contributed by atoms with Crippen molar-refractivity contribution < 1.29 is 36.7 Å². The maximum Gasteiger partial charge on any atom is 0.416 e. The SMILES string of the molecule is COc1ccc(C(=O)C2C(=O)C(=O)N(c3ccc(C(F)(F)F)cc3)C2c2ccc(F)cc2)cc1. The minimum Gasteiger partial charge on any atom is -0.497 e. The number of carbonyl (C=O) groups is 3. The van der Waals surface area contributed by atoms with E-state index in [1.165, 1.54) is 43.5 Å². The zero-order valence-corrected chi connectivity index (χ0v) is 17.7. The first-order chi connectivity index (χ1) is 16.1. The van der Waals surface area contributed by atoms with Crippen molar-refractivity contribution in [3.05, 3.63) is 95.3 Å². The van der Waals surface area contributed by atoms with Crippen molar-refractivity contribution in [2.45, 2.75) is 12.2 Å². The summed E-state index contributed by atoms with van der Waals surface area (Å²) < 4.78 is 57.6. The summed E-state index contributed by atoms with van der Waals surface area (Å²) in [4.78, 5) is 40.3. The molecule has 1 aliphatic rings. The normalized spacial score (nSPS) is 18.3. The molecule has 9 heteroatoms. The number of hydrogen-bond acceptors (Lipinski definition) is 4. The lowest BCUT2D eigenvalue weighted by molar-refractivity contribution is -0.137. The summed E-state index contributed by atoms with van der Waals surface area (Å²) in [5, 5.41) is 0. The summed E-state index contributed by atoms with van der Waals surface area (Å²) in [7, 11) is 1.45. The van der Waals surface area contributed by atoms with Gasteiger partial charge in [0.2, 0.25) is 5.78 Å². The van der Waals surface area contributed by atoms with Crippen LogP contribution in [0.2, 0.25) is 0 Å². The molecule has 34 heavy (non-hydrogen) atoms. The number of Topliss-reactive ketones (excluding diaryl/α,β-unsaturated/α-hetero) is 2. The molecular formula is C25H17F4NO4. The molecule has 1 saturated heterocycles. The Bertz CT molecular complexity index is 1240. The number of alkyl halides is 3. The van der Waals surface area contributed by atoms with Crippen molar-refractivity contribution in [2.75, 3.05) is 12.0 Å². The zero-order chi connectivity index (χ0) is 24.6. The second kappa shape index (κ2) is 8.74. The number of carbonyl (C=O) groups excluding carboxylic acids is 3. The lowest BCUT2D eigenvalue weighted by Crippen LogP contribution is -2.30. The minimum atomic E-state index is -4.59. The number of nitrogens with zero attached hydrogens (tertiary/aromatic N) is 1. The molecule has 2 unspecified atom stereocenters. The van der Waals surface area contributed by atoms with Crippen LogP contribution in [0.5, 0.6) is 5.75 Å². The Morgan fingerprint density at radius 1 is 0.882 bits per heavy atom. The highest BCUT2D eigenvalue weighted by atomic mass is 19.4. The van der Waals surface area contributed by atoms with E-state index in [0.29, 0.717) is 5.75 Å². The predicted molar refractivity (Wildman–Crippen MR) is 114 cm³/mol. The number of amides is 1. The first-order valence-corrected chi connectivity index (χ1v) is 10.1. The second-order valence-corrected chi connectivity index (χ2v) is 7.65. The first-order valence-electron chi connectivity index (χ1n) is 10.1. The number of rotatable bonds is 5. The summed E-state index contributed by atoms with van der Waals surface area (Å²) in [6, 6.07) is 13.3. The molecule has 0 saturated carbocycles. The molecule has 0 spiro atoms. The molecule has 1 fully saturated rings. The van der Waals surface area contributed by atoms with Crippen LogP contribution in [0, 0.1) is 11.7 Å². The van der Waals surface area contributed by atoms with E-state index in [2.05, 4.69) is 0 Å². The second-order valence-electron chi connectivity index (χ2n) is 7.65. The van der Waals surface area contributed by atoms with Crippen LogP contribution in [-0.4, -0.2) is 24.6 Å². The molecule has 0 aromatic heterocycles. The third-order valence-corrected chi connectivity index (χ3v) is 5.65. The van der Waals surface area contributed by atoms with Gasteiger partial charge in [-0.15, -0.1) is 0 Å². The van der Waals surface area contributed by atoms with E-state index < -0.39 is 47.0 Å². The van der Waals surface area contributed by atoms with Gasteiger partial charge in [-0.2, -0.15) is 13.2 Å². The van der Waals surface area contributed by atoms with E-state index in [9.17, 15) is 31.9 Å². The van der Waals surface area contributed by atoms with E-state index in [1.807, 2.05) is 0 Å². The van der Waals surface area contributed by atoms with Crippen LogP contribution in [0.25, 0.3) is 0 Å². The third-order valence-electron chi connectivity index (χ3n) is 5.65. The fourth-order valence-electron chi connectivity index (χ4n) is 3.96. The Morgan fingerprint density at radius 2 is 1.47 bits per heavy atom. The Balaban J connectivity index is 1.80. The van der Waals surface area contributed by atoms with Gasteiger partial charge in [-0.1, -0.05) is 12.1 Å². The zero-order valence-electron chi connectivity index (χ0n) is 17.7. The maximum atomic E-state index is 13.6. The van der Waals surface area contributed by atoms with E-state index in [-0.39, 0.29) is 16.8 Å². The molecule has 1 heterocycles. The molecule has 0 radical (unpaired) electrons. The summed E-state index contributed by atoms with van der Waals surface area (Å²) in [6.07, 6.45) is -4.59. The summed E-state index contributed by atoms with van der Waals surface area (Å²) in [6.45, 7) is 0. The third kappa shape index (κ3) is 4.16. The molecule has 1 aliphatic heterocycles.